The first-order chi connectivity index (χ1) is 13.6. The molecule has 5 rings (SSSR count). The monoisotopic (exact) mass is 376 g/mol. The number of anilines is 1. The molecule has 3 heterocycles. The van der Waals surface area contributed by atoms with Crippen LogP contribution in [-0.4, -0.2) is 32.8 Å². The van der Waals surface area contributed by atoms with Gasteiger partial charge in [-0.05, 0) is 17.7 Å². The summed E-state index contributed by atoms with van der Waals surface area (Å²) in [6, 6.07) is 12.3. The van der Waals surface area contributed by atoms with Crippen molar-refractivity contribution >= 4 is 17.2 Å². The normalized spacial score (nSPS) is 20.8. The fourth-order valence-electron chi connectivity index (χ4n) is 3.97. The van der Waals surface area contributed by atoms with Crippen molar-refractivity contribution in [2.75, 3.05) is 12.0 Å². The van der Waals surface area contributed by atoms with Gasteiger partial charge in [0.1, 0.15) is 24.5 Å². The fourth-order valence-corrected chi connectivity index (χ4v) is 3.97. The predicted molar refractivity (Wildman–Crippen MR) is 102 cm³/mol. The van der Waals surface area contributed by atoms with Crippen LogP contribution in [0.15, 0.2) is 53.8 Å². The summed E-state index contributed by atoms with van der Waals surface area (Å²) in [5, 5.41) is 4.22. The van der Waals surface area contributed by atoms with Crippen LogP contribution in [-0.2, 0) is 7.05 Å². The Labute approximate surface area is 160 Å². The van der Waals surface area contributed by atoms with E-state index in [4.69, 9.17) is 0 Å². The van der Waals surface area contributed by atoms with Crippen LogP contribution in [0, 0.1) is 5.82 Å². The quantitative estimate of drug-likeness (QED) is 0.718. The Hall–Kier alpha value is -3.39. The SMILES string of the molecule is Cn1ncnc1C1C2=NCC(=O)c3cc(F)cc(c32)NNC1c1ccccc1. The van der Waals surface area contributed by atoms with Gasteiger partial charge in [0.15, 0.2) is 5.78 Å². The summed E-state index contributed by atoms with van der Waals surface area (Å²) in [5.41, 5.74) is 9.57. The number of hydrogen-bond acceptors (Lipinski definition) is 6. The number of hydrazine groups is 1. The molecule has 28 heavy (non-hydrogen) atoms. The third kappa shape index (κ3) is 2.53. The van der Waals surface area contributed by atoms with Crippen LogP contribution in [0.1, 0.15) is 39.3 Å². The second kappa shape index (κ2) is 6.35. The summed E-state index contributed by atoms with van der Waals surface area (Å²) >= 11 is 0. The number of aryl methyl sites for hydroxylation is 1. The number of aliphatic imine (C=N–C) groups is 1. The second-order valence-electron chi connectivity index (χ2n) is 6.88. The molecule has 1 aromatic heterocycles. The van der Waals surface area contributed by atoms with Crippen LogP contribution in [0.2, 0.25) is 0 Å². The first kappa shape index (κ1) is 16.8. The van der Waals surface area contributed by atoms with E-state index in [0.717, 1.165) is 5.56 Å². The van der Waals surface area contributed by atoms with E-state index in [0.29, 0.717) is 28.4 Å². The van der Waals surface area contributed by atoms with E-state index < -0.39 is 5.82 Å². The van der Waals surface area contributed by atoms with E-state index >= 15 is 0 Å². The van der Waals surface area contributed by atoms with Crippen molar-refractivity contribution in [1.82, 2.24) is 20.2 Å². The standard InChI is InChI=1S/C20H17FN6O/c1-27-20(23-10-24-27)17-18(11-5-3-2-4-6-11)26-25-14-8-12(21)7-13-15(28)9-22-19(17)16(13)14/h2-8,10,17-18,25-26H,9H2,1H3. The average molecular weight is 376 g/mol. The predicted octanol–water partition coefficient (Wildman–Crippen LogP) is 2.39. The lowest BCUT2D eigenvalue weighted by Gasteiger charge is -2.27. The van der Waals surface area contributed by atoms with Gasteiger partial charge in [-0.25, -0.2) is 14.8 Å². The first-order valence-corrected chi connectivity index (χ1v) is 8.95. The molecule has 0 radical (unpaired) electrons. The maximum Gasteiger partial charge on any atom is 0.185 e. The van der Waals surface area contributed by atoms with Gasteiger partial charge >= 0.3 is 0 Å². The summed E-state index contributed by atoms with van der Waals surface area (Å²) in [6.07, 6.45) is 1.50. The summed E-state index contributed by atoms with van der Waals surface area (Å²) < 4.78 is 15.9. The number of nitrogens with one attached hydrogen (secondary N) is 2. The lowest BCUT2D eigenvalue weighted by Crippen LogP contribution is -2.34. The molecule has 2 aliphatic heterocycles. The summed E-state index contributed by atoms with van der Waals surface area (Å²) in [5.74, 6) is -0.275. The van der Waals surface area contributed by atoms with Crippen molar-refractivity contribution in [3.05, 3.63) is 77.1 Å². The number of aromatic nitrogens is 3. The molecule has 8 heteroatoms. The van der Waals surface area contributed by atoms with E-state index in [1.807, 2.05) is 37.4 Å². The topological polar surface area (TPSA) is 84.2 Å². The minimum absolute atomic E-state index is 0.0128. The number of carbonyl (C=O) groups is 1. The zero-order valence-corrected chi connectivity index (χ0v) is 15.1. The molecule has 0 saturated carbocycles. The molecule has 3 aromatic rings. The fraction of sp³-hybridized carbons (Fsp3) is 0.200. The molecule has 0 fully saturated rings. The molecule has 0 spiro atoms. The molecule has 2 atom stereocenters. The van der Waals surface area contributed by atoms with Gasteiger partial charge in [-0.3, -0.25) is 14.5 Å². The number of nitrogens with zero attached hydrogens (tertiary/aromatic N) is 4. The highest BCUT2D eigenvalue weighted by molar-refractivity contribution is 6.20. The van der Waals surface area contributed by atoms with Crippen LogP contribution in [0.5, 0.6) is 0 Å². The average Bonchev–Trinajstić information content (AvgIpc) is 3.05. The van der Waals surface area contributed by atoms with E-state index in [-0.39, 0.29) is 24.3 Å². The largest absolute Gasteiger partial charge is 0.320 e. The van der Waals surface area contributed by atoms with Crippen molar-refractivity contribution in [2.45, 2.75) is 12.0 Å². The van der Waals surface area contributed by atoms with Gasteiger partial charge in [-0.1, -0.05) is 30.3 Å². The van der Waals surface area contributed by atoms with Crippen LogP contribution in [0.4, 0.5) is 10.1 Å². The van der Waals surface area contributed by atoms with Crippen LogP contribution in [0.3, 0.4) is 0 Å². The number of carbonyl (C=O) groups excluding carboxylic acids is 1. The number of Topliss-reactive ketones (excluding diaryl/α,β-unsaturated/α-hetero) is 1. The van der Waals surface area contributed by atoms with Gasteiger partial charge in [-0.2, -0.15) is 5.10 Å². The van der Waals surface area contributed by atoms with E-state index in [1.165, 1.54) is 18.5 Å². The van der Waals surface area contributed by atoms with Crippen LogP contribution in [0.25, 0.3) is 0 Å². The lowest BCUT2D eigenvalue weighted by molar-refractivity contribution is 0.0999. The molecule has 140 valence electrons. The highest BCUT2D eigenvalue weighted by Gasteiger charge is 2.40. The Balaban J connectivity index is 1.77. The maximum atomic E-state index is 14.2. The van der Waals surface area contributed by atoms with E-state index in [1.54, 1.807) is 4.68 Å². The molecule has 7 nitrogen and oxygen atoms in total. The molecule has 2 aromatic carbocycles. The number of benzene rings is 2. The van der Waals surface area contributed by atoms with Crippen molar-refractivity contribution in [1.29, 1.82) is 0 Å². The smallest absolute Gasteiger partial charge is 0.185 e. The second-order valence-corrected chi connectivity index (χ2v) is 6.88. The van der Waals surface area contributed by atoms with Gasteiger partial charge in [-0.15, -0.1) is 0 Å². The Morgan fingerprint density at radius 2 is 2.04 bits per heavy atom. The van der Waals surface area contributed by atoms with Crippen molar-refractivity contribution in [2.24, 2.45) is 12.0 Å². The zero-order valence-electron chi connectivity index (χ0n) is 15.1. The molecule has 0 bridgehead atoms. The summed E-state index contributed by atoms with van der Waals surface area (Å²) in [6.45, 7) is -0.0128. The molecular formula is C20H17FN6O. The molecule has 2 aliphatic rings. The number of rotatable bonds is 2. The minimum atomic E-state index is -0.467. The van der Waals surface area contributed by atoms with Crippen molar-refractivity contribution in [3.63, 3.8) is 0 Å². The summed E-state index contributed by atoms with van der Waals surface area (Å²) in [7, 11) is 1.82. The highest BCUT2D eigenvalue weighted by Crippen LogP contribution is 2.40. The van der Waals surface area contributed by atoms with E-state index in [2.05, 4.69) is 25.9 Å². The number of ketones is 1. The summed E-state index contributed by atoms with van der Waals surface area (Å²) in [4.78, 5) is 21.5. The molecule has 0 amide bonds. The zero-order chi connectivity index (χ0) is 19.3. The third-order valence-electron chi connectivity index (χ3n) is 5.23. The van der Waals surface area contributed by atoms with Gasteiger partial charge in [0, 0.05) is 18.2 Å². The molecule has 0 aliphatic carbocycles. The van der Waals surface area contributed by atoms with Crippen LogP contribution >= 0.6 is 0 Å². The maximum absolute atomic E-state index is 14.2. The number of halogens is 1. The molecule has 0 saturated heterocycles. The molecule has 2 unspecified atom stereocenters. The number of hydrogen-bond donors (Lipinski definition) is 2. The van der Waals surface area contributed by atoms with E-state index in [9.17, 15) is 9.18 Å². The minimum Gasteiger partial charge on any atom is -0.320 e. The lowest BCUT2D eigenvalue weighted by atomic mass is 9.82. The highest BCUT2D eigenvalue weighted by atomic mass is 19.1. The van der Waals surface area contributed by atoms with Gasteiger partial charge in [0.25, 0.3) is 0 Å². The molecular weight excluding hydrogens is 359 g/mol. The third-order valence-corrected chi connectivity index (χ3v) is 5.23. The van der Waals surface area contributed by atoms with Gasteiger partial charge in [0.2, 0.25) is 0 Å². The van der Waals surface area contributed by atoms with Crippen molar-refractivity contribution in [3.8, 4) is 0 Å². The Kier molecular flexibility index (Phi) is 3.80. The van der Waals surface area contributed by atoms with Crippen LogP contribution < -0.4 is 10.9 Å². The van der Waals surface area contributed by atoms with Crippen molar-refractivity contribution < 1.29 is 9.18 Å². The van der Waals surface area contributed by atoms with Gasteiger partial charge < -0.3 is 5.43 Å². The van der Waals surface area contributed by atoms with Gasteiger partial charge in [0.05, 0.1) is 23.4 Å². The first-order valence-electron chi connectivity index (χ1n) is 8.95. The Morgan fingerprint density at radius 1 is 1.21 bits per heavy atom. The molecule has 2 N–H and O–H groups in total. The Bertz CT molecular complexity index is 1110. The Morgan fingerprint density at radius 3 is 2.79 bits per heavy atom.